The van der Waals surface area contributed by atoms with E-state index in [9.17, 15) is 0 Å². The van der Waals surface area contributed by atoms with Crippen molar-refractivity contribution in [2.75, 3.05) is 20.2 Å². The molecular weight excluding hydrogens is 282 g/mol. The van der Waals surface area contributed by atoms with Crippen LogP contribution in [0.25, 0.3) is 0 Å². The van der Waals surface area contributed by atoms with Gasteiger partial charge in [-0.15, -0.1) is 0 Å². The van der Waals surface area contributed by atoms with E-state index < -0.39 is 0 Å². The van der Waals surface area contributed by atoms with E-state index in [-0.39, 0.29) is 0 Å². The SMILES string of the molecule is C/C=C\C(CN(CC)Sc1cncc(C#N)c1)=C(/C)OC. The van der Waals surface area contributed by atoms with Crippen molar-refractivity contribution in [2.24, 2.45) is 0 Å². The monoisotopic (exact) mass is 303 g/mol. The number of hydrogen-bond donors (Lipinski definition) is 0. The van der Waals surface area contributed by atoms with Gasteiger partial charge < -0.3 is 4.74 Å². The number of nitrogens with zero attached hydrogens (tertiary/aromatic N) is 3. The summed E-state index contributed by atoms with van der Waals surface area (Å²) >= 11 is 1.60. The Morgan fingerprint density at radius 1 is 1.52 bits per heavy atom. The summed E-state index contributed by atoms with van der Waals surface area (Å²) < 4.78 is 7.54. The van der Waals surface area contributed by atoms with Crippen LogP contribution in [0.1, 0.15) is 26.3 Å². The molecule has 0 saturated heterocycles. The van der Waals surface area contributed by atoms with E-state index in [0.29, 0.717) is 5.56 Å². The third kappa shape index (κ3) is 5.62. The molecule has 4 nitrogen and oxygen atoms in total. The minimum atomic E-state index is 0.577. The summed E-state index contributed by atoms with van der Waals surface area (Å²) in [6, 6.07) is 3.96. The highest BCUT2D eigenvalue weighted by Gasteiger charge is 2.10. The molecular formula is C16H21N3OS. The van der Waals surface area contributed by atoms with Crippen molar-refractivity contribution in [3.8, 4) is 6.07 Å². The zero-order chi connectivity index (χ0) is 15.7. The van der Waals surface area contributed by atoms with Crippen LogP contribution in [0.3, 0.4) is 0 Å². The standard InChI is InChI=1S/C16H21N3OS/c1-5-7-15(13(3)20-4)12-19(6-2)21-16-8-14(9-17)10-18-11-16/h5,7-8,10-11H,6,12H2,1-4H3/b7-5-,15-13-. The van der Waals surface area contributed by atoms with Crippen LogP contribution >= 0.6 is 11.9 Å². The van der Waals surface area contributed by atoms with Crippen molar-refractivity contribution in [1.29, 1.82) is 5.26 Å². The van der Waals surface area contributed by atoms with Crippen molar-refractivity contribution < 1.29 is 4.74 Å². The van der Waals surface area contributed by atoms with Gasteiger partial charge in [0.05, 0.1) is 18.4 Å². The molecule has 5 heteroatoms. The Morgan fingerprint density at radius 2 is 2.29 bits per heavy atom. The van der Waals surface area contributed by atoms with Gasteiger partial charge in [-0.3, -0.25) is 4.98 Å². The number of ether oxygens (including phenoxy) is 1. The highest BCUT2D eigenvalue weighted by atomic mass is 32.2. The molecule has 0 N–H and O–H groups in total. The topological polar surface area (TPSA) is 49.2 Å². The lowest BCUT2D eigenvalue weighted by Crippen LogP contribution is -2.18. The van der Waals surface area contributed by atoms with Gasteiger partial charge in [0, 0.05) is 36.0 Å². The van der Waals surface area contributed by atoms with Gasteiger partial charge in [0.25, 0.3) is 0 Å². The van der Waals surface area contributed by atoms with Crippen LogP contribution in [0.15, 0.2) is 46.8 Å². The van der Waals surface area contributed by atoms with E-state index in [1.165, 1.54) is 0 Å². The number of likely N-dealkylation sites (N-methyl/N-ethyl adjacent to an activating group) is 1. The first-order valence-corrected chi connectivity index (χ1v) is 7.56. The Kier molecular flexibility index (Phi) is 7.59. The fraction of sp³-hybridized carbons (Fsp3) is 0.375. The van der Waals surface area contributed by atoms with Gasteiger partial charge in [-0.1, -0.05) is 19.1 Å². The summed E-state index contributed by atoms with van der Waals surface area (Å²) in [6.07, 6.45) is 7.41. The summed E-state index contributed by atoms with van der Waals surface area (Å²) in [5, 5.41) is 8.93. The van der Waals surface area contributed by atoms with Crippen molar-refractivity contribution >= 4 is 11.9 Å². The van der Waals surface area contributed by atoms with Crippen LogP contribution in [0, 0.1) is 11.3 Å². The van der Waals surface area contributed by atoms with Crippen LogP contribution in [0.2, 0.25) is 0 Å². The summed E-state index contributed by atoms with van der Waals surface area (Å²) in [5.74, 6) is 0.913. The molecule has 0 bridgehead atoms. The Balaban J connectivity index is 2.85. The number of aromatic nitrogens is 1. The summed E-state index contributed by atoms with van der Waals surface area (Å²) in [5.41, 5.74) is 1.71. The zero-order valence-electron chi connectivity index (χ0n) is 13.0. The van der Waals surface area contributed by atoms with Crippen LogP contribution < -0.4 is 0 Å². The molecule has 1 aromatic heterocycles. The molecule has 0 saturated carbocycles. The summed E-state index contributed by atoms with van der Waals surface area (Å²) in [4.78, 5) is 5.05. The maximum absolute atomic E-state index is 8.93. The first-order valence-electron chi connectivity index (χ1n) is 6.79. The second-order valence-electron chi connectivity index (χ2n) is 4.35. The van der Waals surface area contributed by atoms with Gasteiger partial charge in [0.1, 0.15) is 6.07 Å². The van der Waals surface area contributed by atoms with Gasteiger partial charge in [0.15, 0.2) is 0 Å². The predicted molar refractivity (Wildman–Crippen MR) is 86.6 cm³/mol. The van der Waals surface area contributed by atoms with E-state index in [2.05, 4.69) is 28.4 Å². The Morgan fingerprint density at radius 3 is 2.86 bits per heavy atom. The minimum Gasteiger partial charge on any atom is -0.501 e. The fourth-order valence-corrected chi connectivity index (χ4v) is 2.61. The third-order valence-electron chi connectivity index (χ3n) is 2.90. The number of allylic oxidation sites excluding steroid dienone is 2. The van der Waals surface area contributed by atoms with E-state index in [1.807, 2.05) is 26.0 Å². The average Bonchev–Trinajstić information content (AvgIpc) is 2.52. The molecule has 0 amide bonds. The number of pyridine rings is 1. The van der Waals surface area contributed by atoms with Gasteiger partial charge in [-0.05, 0) is 31.9 Å². The van der Waals surface area contributed by atoms with Crippen molar-refractivity contribution in [1.82, 2.24) is 9.29 Å². The molecule has 0 radical (unpaired) electrons. The molecule has 0 atom stereocenters. The van der Waals surface area contributed by atoms with Crippen LogP contribution in [0.4, 0.5) is 0 Å². The normalized spacial score (nSPS) is 12.4. The van der Waals surface area contributed by atoms with Gasteiger partial charge in [-0.25, -0.2) is 4.31 Å². The van der Waals surface area contributed by atoms with Crippen LogP contribution in [-0.4, -0.2) is 29.5 Å². The Bertz CT molecular complexity index is 561. The molecule has 0 unspecified atom stereocenters. The maximum Gasteiger partial charge on any atom is 0.101 e. The van der Waals surface area contributed by atoms with Crippen molar-refractivity contribution in [2.45, 2.75) is 25.7 Å². The molecule has 0 fully saturated rings. The smallest absolute Gasteiger partial charge is 0.101 e. The highest BCUT2D eigenvalue weighted by molar-refractivity contribution is 7.97. The largest absolute Gasteiger partial charge is 0.501 e. The molecule has 21 heavy (non-hydrogen) atoms. The molecule has 1 aromatic rings. The number of nitriles is 1. The van der Waals surface area contributed by atoms with E-state index >= 15 is 0 Å². The van der Waals surface area contributed by atoms with E-state index in [0.717, 1.165) is 29.3 Å². The first kappa shape index (κ1) is 17.3. The molecule has 1 heterocycles. The number of methoxy groups -OCH3 is 1. The summed E-state index contributed by atoms with van der Waals surface area (Å²) in [6.45, 7) is 7.70. The summed E-state index contributed by atoms with van der Waals surface area (Å²) in [7, 11) is 1.68. The van der Waals surface area contributed by atoms with Gasteiger partial charge in [0.2, 0.25) is 0 Å². The van der Waals surface area contributed by atoms with Gasteiger partial charge in [-0.2, -0.15) is 5.26 Å². The van der Waals surface area contributed by atoms with Crippen LogP contribution in [-0.2, 0) is 4.74 Å². The lowest BCUT2D eigenvalue weighted by atomic mass is 10.2. The number of hydrogen-bond acceptors (Lipinski definition) is 5. The van der Waals surface area contributed by atoms with E-state index in [1.54, 1.807) is 31.5 Å². The molecule has 1 rings (SSSR count). The van der Waals surface area contributed by atoms with Crippen molar-refractivity contribution in [3.63, 3.8) is 0 Å². The second kappa shape index (κ2) is 9.22. The molecule has 0 aliphatic carbocycles. The zero-order valence-corrected chi connectivity index (χ0v) is 13.8. The maximum atomic E-state index is 8.93. The number of rotatable bonds is 7. The lowest BCUT2D eigenvalue weighted by Gasteiger charge is -2.20. The second-order valence-corrected chi connectivity index (χ2v) is 5.52. The molecule has 0 aliphatic heterocycles. The highest BCUT2D eigenvalue weighted by Crippen LogP contribution is 2.24. The predicted octanol–water partition coefficient (Wildman–Crippen LogP) is 3.78. The van der Waals surface area contributed by atoms with Crippen molar-refractivity contribution in [3.05, 3.63) is 47.5 Å². The first-order chi connectivity index (χ1) is 10.1. The minimum absolute atomic E-state index is 0.577. The Hall–Kier alpha value is -1.77. The van der Waals surface area contributed by atoms with Crippen LogP contribution in [0.5, 0.6) is 0 Å². The third-order valence-corrected chi connectivity index (χ3v) is 3.98. The quantitative estimate of drug-likeness (QED) is 0.436. The fourth-order valence-electron chi connectivity index (χ4n) is 1.69. The molecule has 0 aromatic carbocycles. The molecule has 0 aliphatic rings. The molecule has 112 valence electrons. The molecule has 0 spiro atoms. The lowest BCUT2D eigenvalue weighted by molar-refractivity contribution is 0.287. The average molecular weight is 303 g/mol. The Labute approximate surface area is 131 Å². The van der Waals surface area contributed by atoms with E-state index in [4.69, 9.17) is 10.00 Å². The van der Waals surface area contributed by atoms with Gasteiger partial charge >= 0.3 is 0 Å².